The minimum atomic E-state index is -0.143. The topological polar surface area (TPSA) is 67.2 Å². The Kier molecular flexibility index (Phi) is 4.96. The molecule has 5 nitrogen and oxygen atoms in total. The van der Waals surface area contributed by atoms with E-state index in [9.17, 15) is 4.79 Å². The lowest BCUT2D eigenvalue weighted by molar-refractivity contribution is 0.0905. The van der Waals surface area contributed by atoms with Crippen molar-refractivity contribution in [3.63, 3.8) is 0 Å². The zero-order valence-corrected chi connectivity index (χ0v) is 10.8. The number of amides is 1. The van der Waals surface area contributed by atoms with Crippen molar-refractivity contribution in [3.8, 4) is 0 Å². The van der Waals surface area contributed by atoms with Gasteiger partial charge < -0.3 is 15.2 Å². The van der Waals surface area contributed by atoms with Crippen molar-refractivity contribution in [2.24, 2.45) is 5.92 Å². The Morgan fingerprint density at radius 3 is 3.00 bits per heavy atom. The van der Waals surface area contributed by atoms with Gasteiger partial charge in [0.15, 0.2) is 5.69 Å². The number of carbonyl (C=O) groups excluding carboxylic acids is 1. The van der Waals surface area contributed by atoms with E-state index in [0.717, 1.165) is 19.5 Å². The van der Waals surface area contributed by atoms with E-state index < -0.39 is 0 Å². The van der Waals surface area contributed by atoms with E-state index in [4.69, 9.17) is 4.52 Å². The maximum absolute atomic E-state index is 11.8. The fraction of sp³-hybridized carbons (Fsp3) is 0.636. The number of halogens is 1. The normalized spacial score (nSPS) is 23.9. The summed E-state index contributed by atoms with van der Waals surface area (Å²) < 4.78 is 4.88. The third kappa shape index (κ3) is 3.44. The second-order valence-corrected chi connectivity index (χ2v) is 4.37. The molecular weight excluding hydrogens is 242 g/mol. The van der Waals surface area contributed by atoms with Gasteiger partial charge in [0.2, 0.25) is 0 Å². The van der Waals surface area contributed by atoms with E-state index in [1.54, 1.807) is 13.0 Å². The van der Waals surface area contributed by atoms with Crippen LogP contribution in [0.3, 0.4) is 0 Å². The number of nitrogens with one attached hydrogen (secondary N) is 2. The Balaban J connectivity index is 0.00000144. The first-order valence-corrected chi connectivity index (χ1v) is 5.61. The molecule has 1 amide bonds. The Labute approximate surface area is 107 Å². The van der Waals surface area contributed by atoms with Crippen molar-refractivity contribution in [2.75, 3.05) is 13.1 Å². The second kappa shape index (κ2) is 6.02. The molecule has 1 aromatic heterocycles. The van der Waals surface area contributed by atoms with Gasteiger partial charge >= 0.3 is 0 Å². The molecule has 1 aromatic rings. The number of aromatic nitrogens is 1. The summed E-state index contributed by atoms with van der Waals surface area (Å²) in [4.78, 5) is 11.8. The first-order chi connectivity index (χ1) is 7.66. The van der Waals surface area contributed by atoms with Gasteiger partial charge in [0.25, 0.3) is 5.91 Å². The van der Waals surface area contributed by atoms with Gasteiger partial charge in [-0.2, -0.15) is 0 Å². The van der Waals surface area contributed by atoms with E-state index in [0.29, 0.717) is 17.4 Å². The maximum atomic E-state index is 11.8. The third-order valence-electron chi connectivity index (χ3n) is 2.96. The van der Waals surface area contributed by atoms with Crippen LogP contribution in [-0.4, -0.2) is 30.2 Å². The quantitative estimate of drug-likeness (QED) is 0.836. The van der Waals surface area contributed by atoms with Crippen LogP contribution in [-0.2, 0) is 0 Å². The van der Waals surface area contributed by atoms with Crippen LogP contribution in [0.25, 0.3) is 0 Å². The SMILES string of the molecule is Cc1cc(C(=O)NC2CCNCC2C)no1.Cl. The van der Waals surface area contributed by atoms with Crippen molar-refractivity contribution in [1.82, 2.24) is 15.8 Å². The molecule has 96 valence electrons. The Morgan fingerprint density at radius 1 is 1.65 bits per heavy atom. The molecule has 2 N–H and O–H groups in total. The van der Waals surface area contributed by atoms with Crippen molar-refractivity contribution in [2.45, 2.75) is 26.3 Å². The standard InChI is InChI=1S/C11H17N3O2.ClH/c1-7-6-12-4-3-9(7)13-11(15)10-5-8(2)16-14-10;/h5,7,9,12H,3-4,6H2,1-2H3,(H,13,15);1H. The van der Waals surface area contributed by atoms with E-state index in [2.05, 4.69) is 22.7 Å². The summed E-state index contributed by atoms with van der Waals surface area (Å²) in [6.07, 6.45) is 0.962. The van der Waals surface area contributed by atoms with Gasteiger partial charge in [0.1, 0.15) is 5.76 Å². The van der Waals surface area contributed by atoms with Gasteiger partial charge in [-0.1, -0.05) is 12.1 Å². The molecule has 1 fully saturated rings. The number of nitrogens with zero attached hydrogens (tertiary/aromatic N) is 1. The smallest absolute Gasteiger partial charge is 0.273 e. The first kappa shape index (κ1) is 14.0. The van der Waals surface area contributed by atoms with Gasteiger partial charge in [0.05, 0.1) is 0 Å². The molecule has 2 heterocycles. The van der Waals surface area contributed by atoms with Gasteiger partial charge in [-0.25, -0.2) is 0 Å². The number of hydrogen-bond acceptors (Lipinski definition) is 4. The molecule has 0 aromatic carbocycles. The van der Waals surface area contributed by atoms with Crippen LogP contribution in [0.5, 0.6) is 0 Å². The minimum Gasteiger partial charge on any atom is -0.361 e. The van der Waals surface area contributed by atoms with E-state index >= 15 is 0 Å². The van der Waals surface area contributed by atoms with Crippen LogP contribution < -0.4 is 10.6 Å². The molecule has 0 radical (unpaired) electrons. The van der Waals surface area contributed by atoms with Crippen LogP contribution in [0.2, 0.25) is 0 Å². The van der Waals surface area contributed by atoms with Crippen LogP contribution >= 0.6 is 12.4 Å². The molecule has 0 aliphatic carbocycles. The molecule has 6 heteroatoms. The molecule has 2 unspecified atom stereocenters. The predicted molar refractivity (Wildman–Crippen MR) is 66.4 cm³/mol. The lowest BCUT2D eigenvalue weighted by Crippen LogP contribution is -2.48. The summed E-state index contributed by atoms with van der Waals surface area (Å²) in [5, 5.41) is 10.00. The summed E-state index contributed by atoms with van der Waals surface area (Å²) in [7, 11) is 0. The van der Waals surface area contributed by atoms with Crippen molar-refractivity contribution in [1.29, 1.82) is 0 Å². The molecule has 1 aliphatic rings. The Bertz CT molecular complexity index is 381. The zero-order valence-electron chi connectivity index (χ0n) is 10.0. The number of aryl methyl sites for hydroxylation is 1. The number of hydrogen-bond donors (Lipinski definition) is 2. The summed E-state index contributed by atoms with van der Waals surface area (Å²) in [5.41, 5.74) is 0.364. The van der Waals surface area contributed by atoms with E-state index in [-0.39, 0.29) is 24.4 Å². The zero-order chi connectivity index (χ0) is 11.5. The molecule has 1 saturated heterocycles. The van der Waals surface area contributed by atoms with Gasteiger partial charge in [-0.15, -0.1) is 12.4 Å². The Morgan fingerprint density at radius 2 is 2.41 bits per heavy atom. The van der Waals surface area contributed by atoms with Gasteiger partial charge in [-0.3, -0.25) is 4.79 Å². The largest absolute Gasteiger partial charge is 0.361 e. The summed E-state index contributed by atoms with van der Waals surface area (Å²) in [6, 6.07) is 1.88. The third-order valence-corrected chi connectivity index (χ3v) is 2.96. The van der Waals surface area contributed by atoms with Gasteiger partial charge in [0, 0.05) is 12.1 Å². The van der Waals surface area contributed by atoms with E-state index in [1.807, 2.05) is 0 Å². The van der Waals surface area contributed by atoms with Crippen molar-refractivity contribution in [3.05, 3.63) is 17.5 Å². The highest BCUT2D eigenvalue weighted by Crippen LogP contribution is 2.11. The van der Waals surface area contributed by atoms with Crippen molar-refractivity contribution < 1.29 is 9.32 Å². The highest BCUT2D eigenvalue weighted by molar-refractivity contribution is 5.92. The molecule has 17 heavy (non-hydrogen) atoms. The molecule has 0 bridgehead atoms. The molecule has 0 spiro atoms. The predicted octanol–water partition coefficient (Wildman–Crippen LogP) is 1.13. The van der Waals surface area contributed by atoms with Crippen LogP contribution in [0.15, 0.2) is 10.6 Å². The first-order valence-electron chi connectivity index (χ1n) is 5.61. The van der Waals surface area contributed by atoms with Gasteiger partial charge in [-0.05, 0) is 32.4 Å². The fourth-order valence-electron chi connectivity index (χ4n) is 1.94. The number of piperidine rings is 1. The molecular formula is C11H18ClN3O2. The van der Waals surface area contributed by atoms with Crippen LogP contribution in [0.1, 0.15) is 29.6 Å². The molecule has 1 aliphatic heterocycles. The lowest BCUT2D eigenvalue weighted by atomic mass is 9.95. The average molecular weight is 260 g/mol. The van der Waals surface area contributed by atoms with Crippen LogP contribution in [0, 0.1) is 12.8 Å². The monoisotopic (exact) mass is 259 g/mol. The number of carbonyl (C=O) groups is 1. The maximum Gasteiger partial charge on any atom is 0.273 e. The molecule has 0 saturated carbocycles. The second-order valence-electron chi connectivity index (χ2n) is 4.37. The van der Waals surface area contributed by atoms with E-state index in [1.165, 1.54) is 0 Å². The molecule has 2 rings (SSSR count). The minimum absolute atomic E-state index is 0. The Hall–Kier alpha value is -1.07. The number of rotatable bonds is 2. The average Bonchev–Trinajstić information content (AvgIpc) is 2.68. The summed E-state index contributed by atoms with van der Waals surface area (Å²) in [5.74, 6) is 0.963. The van der Waals surface area contributed by atoms with Crippen molar-refractivity contribution >= 4 is 18.3 Å². The summed E-state index contributed by atoms with van der Waals surface area (Å²) in [6.45, 7) is 5.80. The summed E-state index contributed by atoms with van der Waals surface area (Å²) >= 11 is 0. The molecule has 2 atom stereocenters. The lowest BCUT2D eigenvalue weighted by Gasteiger charge is -2.29. The highest BCUT2D eigenvalue weighted by Gasteiger charge is 2.24. The van der Waals surface area contributed by atoms with Crippen LogP contribution in [0.4, 0.5) is 0 Å². The highest BCUT2D eigenvalue weighted by atomic mass is 35.5. The fourth-order valence-corrected chi connectivity index (χ4v) is 1.94.